The van der Waals surface area contributed by atoms with Crippen LogP contribution in [0.4, 0.5) is 5.82 Å². The molecule has 0 spiro atoms. The Morgan fingerprint density at radius 1 is 1.41 bits per heavy atom. The summed E-state index contributed by atoms with van der Waals surface area (Å²) in [4.78, 5) is 12.0. The average molecular weight is 231 g/mol. The number of hydrogen-bond acceptors (Lipinski definition) is 3. The van der Waals surface area contributed by atoms with Crippen LogP contribution in [0.25, 0.3) is 0 Å². The Kier molecular flexibility index (Phi) is 2.77. The first-order valence-corrected chi connectivity index (χ1v) is 6.89. The molecule has 1 aliphatic carbocycles. The molecule has 0 saturated heterocycles. The first-order valence-electron chi connectivity index (χ1n) is 6.89. The minimum Gasteiger partial charge on any atom is -0.352 e. The maximum atomic E-state index is 4.77. The van der Waals surface area contributed by atoms with Crippen molar-refractivity contribution >= 4 is 5.82 Å². The molecule has 92 valence electrons. The van der Waals surface area contributed by atoms with E-state index < -0.39 is 0 Å². The summed E-state index contributed by atoms with van der Waals surface area (Å²) in [6, 6.07) is 0.735. The number of hydrogen-bond donors (Lipinski definition) is 0. The molecule has 2 aliphatic rings. The largest absolute Gasteiger partial charge is 0.352 e. The van der Waals surface area contributed by atoms with Crippen LogP contribution in [0.2, 0.25) is 0 Å². The Morgan fingerprint density at radius 2 is 2.24 bits per heavy atom. The van der Waals surface area contributed by atoms with Gasteiger partial charge in [0.1, 0.15) is 0 Å². The summed E-state index contributed by atoms with van der Waals surface area (Å²) in [7, 11) is 0. The fourth-order valence-corrected chi connectivity index (χ4v) is 2.85. The highest BCUT2D eigenvalue weighted by Crippen LogP contribution is 2.34. The molecule has 1 saturated carbocycles. The zero-order valence-electron chi connectivity index (χ0n) is 10.8. The summed E-state index contributed by atoms with van der Waals surface area (Å²) in [6.07, 6.45) is 8.09. The van der Waals surface area contributed by atoms with Gasteiger partial charge in [-0.05, 0) is 38.0 Å². The van der Waals surface area contributed by atoms with Crippen molar-refractivity contribution in [3.63, 3.8) is 0 Å². The normalized spacial score (nSPS) is 24.4. The fourth-order valence-electron chi connectivity index (χ4n) is 2.85. The molecular weight excluding hydrogens is 210 g/mol. The molecule has 1 aromatic heterocycles. The lowest BCUT2D eigenvalue weighted by molar-refractivity contribution is 0.354. The van der Waals surface area contributed by atoms with Gasteiger partial charge < -0.3 is 4.90 Å². The fraction of sp³-hybridized carbons (Fsp3) is 0.714. The Balaban J connectivity index is 1.94. The third kappa shape index (κ3) is 1.92. The molecule has 0 bridgehead atoms. The van der Waals surface area contributed by atoms with Crippen LogP contribution in [0.15, 0.2) is 6.20 Å². The van der Waals surface area contributed by atoms with Gasteiger partial charge in [0.25, 0.3) is 0 Å². The van der Waals surface area contributed by atoms with Gasteiger partial charge in [-0.3, -0.25) is 4.98 Å². The number of fused-ring (bicyclic) bond motifs is 1. The van der Waals surface area contributed by atoms with E-state index in [0.29, 0.717) is 5.92 Å². The van der Waals surface area contributed by atoms with Crippen LogP contribution in [0.3, 0.4) is 0 Å². The Bertz CT molecular complexity index is 412. The van der Waals surface area contributed by atoms with E-state index in [1.165, 1.54) is 30.8 Å². The number of anilines is 1. The zero-order valence-corrected chi connectivity index (χ0v) is 10.8. The molecule has 3 heteroatoms. The van der Waals surface area contributed by atoms with Crippen LogP contribution in [-0.2, 0) is 12.8 Å². The summed E-state index contributed by atoms with van der Waals surface area (Å²) in [5.41, 5.74) is 2.36. The maximum absolute atomic E-state index is 4.77. The van der Waals surface area contributed by atoms with Crippen molar-refractivity contribution in [2.75, 3.05) is 11.4 Å². The van der Waals surface area contributed by atoms with E-state index in [2.05, 4.69) is 23.7 Å². The molecule has 1 atom stereocenters. The van der Waals surface area contributed by atoms with Crippen molar-refractivity contribution in [3.05, 3.63) is 17.6 Å². The van der Waals surface area contributed by atoms with Crippen LogP contribution >= 0.6 is 0 Å². The van der Waals surface area contributed by atoms with Gasteiger partial charge in [-0.2, -0.15) is 0 Å². The molecule has 0 N–H and O–H groups in total. The molecular formula is C14H21N3. The van der Waals surface area contributed by atoms with Crippen molar-refractivity contribution in [2.45, 2.75) is 52.0 Å². The van der Waals surface area contributed by atoms with Crippen molar-refractivity contribution < 1.29 is 0 Å². The van der Waals surface area contributed by atoms with Crippen LogP contribution in [-0.4, -0.2) is 22.6 Å². The topological polar surface area (TPSA) is 29.0 Å². The molecule has 0 radical (unpaired) electrons. The Hall–Kier alpha value is -1.12. The molecule has 1 aliphatic heterocycles. The molecule has 17 heavy (non-hydrogen) atoms. The standard InChI is InChI=1S/C14H21N3/c1-3-11-8-15-14-13(16-11)7-10(2)9-17(14)12-5-4-6-12/h8,10,12H,3-7,9H2,1-2H3/t10-/m0/s1. The maximum Gasteiger partial charge on any atom is 0.150 e. The van der Waals surface area contributed by atoms with E-state index in [9.17, 15) is 0 Å². The lowest BCUT2D eigenvalue weighted by atomic mass is 9.88. The van der Waals surface area contributed by atoms with E-state index in [4.69, 9.17) is 4.98 Å². The van der Waals surface area contributed by atoms with Crippen LogP contribution < -0.4 is 4.90 Å². The average Bonchev–Trinajstić information content (AvgIpc) is 2.25. The second-order valence-corrected chi connectivity index (χ2v) is 5.53. The molecule has 0 aromatic carbocycles. The summed E-state index contributed by atoms with van der Waals surface area (Å²) in [6.45, 7) is 5.64. The van der Waals surface area contributed by atoms with Gasteiger partial charge in [0, 0.05) is 12.6 Å². The minimum absolute atomic E-state index is 0.713. The van der Waals surface area contributed by atoms with Gasteiger partial charge in [0.05, 0.1) is 17.6 Å². The third-order valence-electron chi connectivity index (χ3n) is 4.07. The number of aryl methyl sites for hydroxylation is 1. The second-order valence-electron chi connectivity index (χ2n) is 5.53. The number of rotatable bonds is 2. The molecule has 0 unspecified atom stereocenters. The summed E-state index contributed by atoms with van der Waals surface area (Å²) < 4.78 is 0. The summed E-state index contributed by atoms with van der Waals surface area (Å²) in [5.74, 6) is 1.88. The van der Waals surface area contributed by atoms with Gasteiger partial charge in [0.15, 0.2) is 5.82 Å². The highest BCUT2D eigenvalue weighted by Gasteiger charge is 2.32. The zero-order chi connectivity index (χ0) is 11.8. The van der Waals surface area contributed by atoms with E-state index in [1.54, 1.807) is 0 Å². The predicted octanol–water partition coefficient (Wildman–Crippen LogP) is 2.59. The summed E-state index contributed by atoms with van der Waals surface area (Å²) in [5, 5.41) is 0. The van der Waals surface area contributed by atoms with Gasteiger partial charge in [0.2, 0.25) is 0 Å². The Morgan fingerprint density at radius 3 is 2.88 bits per heavy atom. The monoisotopic (exact) mass is 231 g/mol. The van der Waals surface area contributed by atoms with E-state index in [-0.39, 0.29) is 0 Å². The van der Waals surface area contributed by atoms with Gasteiger partial charge >= 0.3 is 0 Å². The quantitative estimate of drug-likeness (QED) is 0.783. The molecule has 3 nitrogen and oxygen atoms in total. The molecule has 1 fully saturated rings. The van der Waals surface area contributed by atoms with Crippen molar-refractivity contribution in [3.8, 4) is 0 Å². The van der Waals surface area contributed by atoms with E-state index >= 15 is 0 Å². The van der Waals surface area contributed by atoms with E-state index in [0.717, 1.165) is 31.1 Å². The summed E-state index contributed by atoms with van der Waals surface area (Å²) >= 11 is 0. The number of nitrogens with zero attached hydrogens (tertiary/aromatic N) is 3. The molecule has 3 rings (SSSR count). The highest BCUT2D eigenvalue weighted by molar-refractivity contribution is 5.48. The number of aromatic nitrogens is 2. The highest BCUT2D eigenvalue weighted by atomic mass is 15.2. The van der Waals surface area contributed by atoms with Gasteiger partial charge in [-0.1, -0.05) is 13.8 Å². The first-order chi connectivity index (χ1) is 8.28. The van der Waals surface area contributed by atoms with Crippen molar-refractivity contribution in [2.24, 2.45) is 5.92 Å². The lowest BCUT2D eigenvalue weighted by Crippen LogP contribution is -2.46. The predicted molar refractivity (Wildman–Crippen MR) is 69.3 cm³/mol. The first kappa shape index (κ1) is 11.0. The second kappa shape index (κ2) is 4.28. The van der Waals surface area contributed by atoms with Crippen molar-refractivity contribution in [1.29, 1.82) is 0 Å². The van der Waals surface area contributed by atoms with Crippen LogP contribution in [0, 0.1) is 5.92 Å². The lowest BCUT2D eigenvalue weighted by Gasteiger charge is -2.43. The van der Waals surface area contributed by atoms with Crippen molar-refractivity contribution in [1.82, 2.24) is 9.97 Å². The van der Waals surface area contributed by atoms with E-state index in [1.807, 2.05) is 6.20 Å². The van der Waals surface area contributed by atoms with Crippen LogP contribution in [0.1, 0.15) is 44.5 Å². The van der Waals surface area contributed by atoms with Gasteiger partial charge in [-0.25, -0.2) is 4.98 Å². The van der Waals surface area contributed by atoms with Gasteiger partial charge in [-0.15, -0.1) is 0 Å². The molecule has 0 amide bonds. The SMILES string of the molecule is CCc1cnc2c(n1)C[C@H](C)CN2C1CCC1. The van der Waals surface area contributed by atoms with Crippen LogP contribution in [0.5, 0.6) is 0 Å². The smallest absolute Gasteiger partial charge is 0.150 e. The Labute approximate surface area is 103 Å². The third-order valence-corrected chi connectivity index (χ3v) is 4.07. The molecule has 2 heterocycles. The molecule has 1 aromatic rings. The minimum atomic E-state index is 0.713.